The first kappa shape index (κ1) is 13.7. The Balaban J connectivity index is 2.13. The van der Waals surface area contributed by atoms with E-state index >= 15 is 0 Å². The molecule has 1 aromatic heterocycles. The maximum atomic E-state index is 11.2. The lowest BCUT2D eigenvalue weighted by Crippen LogP contribution is -2.35. The SMILES string of the molecule is CC1(C2CCC2)C=CC=c2c(cc(Br)n2CC(N)=O)=C1. The van der Waals surface area contributed by atoms with Crippen LogP contribution in [0.15, 0.2) is 22.8 Å². The van der Waals surface area contributed by atoms with Crippen molar-refractivity contribution in [1.29, 1.82) is 0 Å². The Morgan fingerprint density at radius 3 is 2.90 bits per heavy atom. The third-order valence-corrected chi connectivity index (χ3v) is 5.25. The Bertz CT molecular complexity index is 697. The fourth-order valence-electron chi connectivity index (χ4n) is 3.18. The molecule has 3 rings (SSSR count). The number of nitrogens with zero attached hydrogens (tertiary/aromatic N) is 1. The molecule has 4 heteroatoms. The molecule has 1 heterocycles. The molecule has 0 radical (unpaired) electrons. The number of fused-ring (bicyclic) bond motifs is 1. The highest BCUT2D eigenvalue weighted by Crippen LogP contribution is 2.44. The molecule has 0 aromatic carbocycles. The first-order valence-corrected chi connectivity index (χ1v) is 7.85. The van der Waals surface area contributed by atoms with Crippen molar-refractivity contribution in [2.45, 2.75) is 32.7 Å². The fourth-order valence-corrected chi connectivity index (χ4v) is 3.75. The Morgan fingerprint density at radius 2 is 2.30 bits per heavy atom. The smallest absolute Gasteiger partial charge is 0.237 e. The monoisotopic (exact) mass is 334 g/mol. The number of halogens is 1. The van der Waals surface area contributed by atoms with Gasteiger partial charge in [0.1, 0.15) is 6.54 Å². The highest BCUT2D eigenvalue weighted by molar-refractivity contribution is 9.10. The minimum atomic E-state index is -0.326. The van der Waals surface area contributed by atoms with Crippen molar-refractivity contribution in [3.63, 3.8) is 0 Å². The highest BCUT2D eigenvalue weighted by atomic mass is 79.9. The zero-order valence-electron chi connectivity index (χ0n) is 11.6. The van der Waals surface area contributed by atoms with Crippen molar-refractivity contribution >= 4 is 34.0 Å². The number of carbonyl (C=O) groups excluding carboxylic acids is 1. The summed E-state index contributed by atoms with van der Waals surface area (Å²) in [6, 6.07) is 2.08. The lowest BCUT2D eigenvalue weighted by molar-refractivity contribution is -0.118. The summed E-state index contributed by atoms with van der Waals surface area (Å²) in [5.74, 6) is 0.406. The van der Waals surface area contributed by atoms with E-state index < -0.39 is 0 Å². The van der Waals surface area contributed by atoms with Crippen LogP contribution in [0.4, 0.5) is 0 Å². The summed E-state index contributed by atoms with van der Waals surface area (Å²) in [4.78, 5) is 11.2. The molecule has 2 aliphatic rings. The van der Waals surface area contributed by atoms with Gasteiger partial charge in [-0.3, -0.25) is 4.79 Å². The van der Waals surface area contributed by atoms with Gasteiger partial charge in [-0.2, -0.15) is 0 Å². The van der Waals surface area contributed by atoms with Gasteiger partial charge in [-0.1, -0.05) is 31.6 Å². The van der Waals surface area contributed by atoms with Crippen molar-refractivity contribution in [3.8, 4) is 0 Å². The summed E-state index contributed by atoms with van der Waals surface area (Å²) >= 11 is 3.53. The van der Waals surface area contributed by atoms with Crippen LogP contribution in [-0.4, -0.2) is 10.5 Å². The molecular weight excluding hydrogens is 316 g/mol. The highest BCUT2D eigenvalue weighted by Gasteiger charge is 2.34. The Kier molecular flexibility index (Phi) is 3.36. The number of primary amides is 1. The molecule has 1 atom stereocenters. The van der Waals surface area contributed by atoms with E-state index in [4.69, 9.17) is 5.73 Å². The first-order valence-electron chi connectivity index (χ1n) is 7.05. The summed E-state index contributed by atoms with van der Waals surface area (Å²) in [6.45, 7) is 2.50. The van der Waals surface area contributed by atoms with Crippen LogP contribution in [0.25, 0.3) is 12.2 Å². The number of hydrogen-bond acceptors (Lipinski definition) is 1. The molecule has 0 spiro atoms. The Hall–Kier alpha value is -1.29. The molecule has 1 fully saturated rings. The maximum absolute atomic E-state index is 11.2. The number of amides is 1. The molecule has 20 heavy (non-hydrogen) atoms. The summed E-state index contributed by atoms with van der Waals surface area (Å²) in [6.07, 6.45) is 12.8. The number of carbonyl (C=O) groups is 1. The molecule has 106 valence electrons. The molecule has 1 aromatic rings. The molecule has 0 saturated heterocycles. The minimum Gasteiger partial charge on any atom is -0.368 e. The number of aromatic nitrogens is 1. The van der Waals surface area contributed by atoms with Gasteiger partial charge in [0.2, 0.25) is 5.91 Å². The number of allylic oxidation sites excluding steroid dienone is 2. The second kappa shape index (κ2) is 4.92. The van der Waals surface area contributed by atoms with Crippen molar-refractivity contribution in [1.82, 2.24) is 4.57 Å². The van der Waals surface area contributed by atoms with Crippen LogP contribution in [-0.2, 0) is 11.3 Å². The molecule has 1 saturated carbocycles. The van der Waals surface area contributed by atoms with Gasteiger partial charge in [0.25, 0.3) is 0 Å². The van der Waals surface area contributed by atoms with Crippen LogP contribution in [0.3, 0.4) is 0 Å². The van der Waals surface area contributed by atoms with Crippen molar-refractivity contribution < 1.29 is 4.79 Å². The summed E-state index contributed by atoms with van der Waals surface area (Å²) in [5.41, 5.74) is 5.44. The van der Waals surface area contributed by atoms with E-state index in [0.29, 0.717) is 0 Å². The van der Waals surface area contributed by atoms with Gasteiger partial charge in [0, 0.05) is 10.8 Å². The molecule has 3 nitrogen and oxygen atoms in total. The Morgan fingerprint density at radius 1 is 1.55 bits per heavy atom. The van der Waals surface area contributed by atoms with Crippen LogP contribution >= 0.6 is 15.9 Å². The van der Waals surface area contributed by atoms with E-state index in [1.165, 1.54) is 24.5 Å². The van der Waals surface area contributed by atoms with Crippen molar-refractivity contribution in [3.05, 3.63) is 33.4 Å². The van der Waals surface area contributed by atoms with E-state index in [9.17, 15) is 4.79 Å². The topological polar surface area (TPSA) is 48.0 Å². The van der Waals surface area contributed by atoms with Crippen molar-refractivity contribution in [2.24, 2.45) is 17.1 Å². The number of rotatable bonds is 3. The molecule has 0 bridgehead atoms. The average Bonchev–Trinajstić information content (AvgIpc) is 2.46. The second-order valence-corrected chi connectivity index (χ2v) is 6.84. The van der Waals surface area contributed by atoms with Crippen molar-refractivity contribution in [2.75, 3.05) is 0 Å². The molecule has 2 aliphatic carbocycles. The largest absolute Gasteiger partial charge is 0.368 e. The van der Waals surface area contributed by atoms with Gasteiger partial charge in [-0.15, -0.1) is 0 Å². The van der Waals surface area contributed by atoms with Crippen LogP contribution < -0.4 is 16.3 Å². The molecule has 1 unspecified atom stereocenters. The predicted octanol–water partition coefficient (Wildman–Crippen LogP) is 1.67. The Labute approximate surface area is 127 Å². The summed E-state index contributed by atoms with van der Waals surface area (Å²) < 4.78 is 2.82. The molecule has 1 amide bonds. The van der Waals surface area contributed by atoms with Gasteiger partial charge in [0.05, 0.1) is 4.60 Å². The van der Waals surface area contributed by atoms with E-state index in [0.717, 1.165) is 15.9 Å². The lowest BCUT2D eigenvalue weighted by Gasteiger charge is -2.39. The predicted molar refractivity (Wildman–Crippen MR) is 84.1 cm³/mol. The van der Waals surface area contributed by atoms with Crippen LogP contribution in [0.1, 0.15) is 26.2 Å². The van der Waals surface area contributed by atoms with Gasteiger partial charge in [-0.05, 0) is 52.1 Å². The lowest BCUT2D eigenvalue weighted by atomic mass is 9.66. The number of hydrogen-bond donors (Lipinski definition) is 1. The maximum Gasteiger partial charge on any atom is 0.237 e. The summed E-state index contributed by atoms with van der Waals surface area (Å²) in [5, 5.41) is 2.23. The standard InChI is InChI=1S/C16H19BrN2O/c1-16(12-4-2-5-12)7-3-6-13-11(9-16)8-14(17)19(13)10-15(18)20/h3,6-9,12H,2,4-5,10H2,1H3,(H2,18,20). The zero-order valence-corrected chi connectivity index (χ0v) is 13.2. The third-order valence-electron chi connectivity index (χ3n) is 4.59. The molecular formula is C16H19BrN2O. The van der Waals surface area contributed by atoms with Gasteiger partial charge >= 0.3 is 0 Å². The van der Waals surface area contributed by atoms with E-state index in [2.05, 4.69) is 53.2 Å². The van der Waals surface area contributed by atoms with Gasteiger partial charge < -0.3 is 10.3 Å². The van der Waals surface area contributed by atoms with Crippen LogP contribution in [0.5, 0.6) is 0 Å². The quantitative estimate of drug-likeness (QED) is 0.898. The average molecular weight is 335 g/mol. The van der Waals surface area contributed by atoms with E-state index in [1.807, 2.05) is 4.57 Å². The zero-order chi connectivity index (χ0) is 14.3. The fraction of sp³-hybridized carbons (Fsp3) is 0.438. The number of nitrogens with two attached hydrogens (primary N) is 1. The van der Waals surface area contributed by atoms with E-state index in [1.54, 1.807) is 0 Å². The van der Waals surface area contributed by atoms with Gasteiger partial charge in [-0.25, -0.2) is 0 Å². The van der Waals surface area contributed by atoms with Crippen LogP contribution in [0.2, 0.25) is 0 Å². The summed E-state index contributed by atoms with van der Waals surface area (Å²) in [7, 11) is 0. The van der Waals surface area contributed by atoms with E-state index in [-0.39, 0.29) is 17.9 Å². The van der Waals surface area contributed by atoms with Gasteiger partial charge in [0.15, 0.2) is 0 Å². The third kappa shape index (κ3) is 2.26. The normalized spacial score (nSPS) is 25.1. The molecule has 2 N–H and O–H groups in total. The second-order valence-electron chi connectivity index (χ2n) is 6.02. The first-order chi connectivity index (χ1) is 9.49. The molecule has 0 aliphatic heterocycles. The van der Waals surface area contributed by atoms with Crippen LogP contribution in [0, 0.1) is 11.3 Å². The minimum absolute atomic E-state index is 0.109.